The van der Waals surface area contributed by atoms with Crippen LogP contribution in [0.25, 0.3) is 0 Å². The second kappa shape index (κ2) is 7.03. The zero-order valence-corrected chi connectivity index (χ0v) is 12.1. The number of hydrogen-bond donors (Lipinski definition) is 2. The molecular formula is C14H26N4O. The highest BCUT2D eigenvalue weighted by Gasteiger charge is 2.15. The molecule has 1 unspecified atom stereocenters. The predicted octanol–water partition coefficient (Wildman–Crippen LogP) is 0.529. The Morgan fingerprint density at radius 1 is 1.42 bits per heavy atom. The molecule has 1 fully saturated rings. The Morgan fingerprint density at radius 2 is 2.16 bits per heavy atom. The van der Waals surface area contributed by atoms with Gasteiger partial charge < -0.3 is 15.3 Å². The molecule has 0 aromatic carbocycles. The van der Waals surface area contributed by atoms with Gasteiger partial charge in [-0.3, -0.25) is 4.68 Å². The third-order valence-corrected chi connectivity index (χ3v) is 3.69. The molecule has 1 aromatic heterocycles. The van der Waals surface area contributed by atoms with Gasteiger partial charge in [-0.15, -0.1) is 0 Å². The minimum atomic E-state index is -0.278. The Labute approximate surface area is 115 Å². The number of aryl methyl sites for hydroxylation is 2. The first-order valence-electron chi connectivity index (χ1n) is 7.31. The summed E-state index contributed by atoms with van der Waals surface area (Å²) in [5.41, 5.74) is 2.38. The zero-order chi connectivity index (χ0) is 13.7. The van der Waals surface area contributed by atoms with Gasteiger partial charge in [-0.1, -0.05) is 6.92 Å². The van der Waals surface area contributed by atoms with Crippen molar-refractivity contribution in [1.29, 1.82) is 0 Å². The second-order valence-corrected chi connectivity index (χ2v) is 5.42. The summed E-state index contributed by atoms with van der Waals surface area (Å²) in [5.74, 6) is 0. The summed E-state index contributed by atoms with van der Waals surface area (Å²) in [6.07, 6.45) is 5.28. The van der Waals surface area contributed by atoms with Gasteiger partial charge in [-0.05, 0) is 32.4 Å². The van der Waals surface area contributed by atoms with Crippen LogP contribution in [0.5, 0.6) is 0 Å². The van der Waals surface area contributed by atoms with Crippen molar-refractivity contribution in [3.05, 3.63) is 17.5 Å². The Kier molecular flexibility index (Phi) is 5.36. The molecule has 1 aliphatic heterocycles. The van der Waals surface area contributed by atoms with Gasteiger partial charge in [0.2, 0.25) is 0 Å². The van der Waals surface area contributed by atoms with Crippen molar-refractivity contribution in [3.8, 4) is 0 Å². The number of rotatable bonds is 7. The fourth-order valence-electron chi connectivity index (χ4n) is 2.73. The van der Waals surface area contributed by atoms with Gasteiger partial charge in [0, 0.05) is 38.4 Å². The SMILES string of the molecule is CCc1nn(C)cc1CNCC(O)CN1CCCC1. The minimum Gasteiger partial charge on any atom is -0.390 e. The van der Waals surface area contributed by atoms with Crippen LogP contribution in [-0.2, 0) is 20.0 Å². The first-order valence-corrected chi connectivity index (χ1v) is 7.31. The molecule has 1 aliphatic rings. The van der Waals surface area contributed by atoms with E-state index in [1.165, 1.54) is 18.4 Å². The van der Waals surface area contributed by atoms with Crippen molar-refractivity contribution in [2.24, 2.45) is 7.05 Å². The normalized spacial score (nSPS) is 18.1. The Hall–Kier alpha value is -0.910. The molecule has 5 heteroatoms. The Bertz CT molecular complexity index is 385. The zero-order valence-electron chi connectivity index (χ0n) is 12.1. The van der Waals surface area contributed by atoms with E-state index in [1.54, 1.807) is 0 Å². The maximum Gasteiger partial charge on any atom is 0.0791 e. The molecule has 0 bridgehead atoms. The number of aromatic nitrogens is 2. The van der Waals surface area contributed by atoms with Crippen LogP contribution in [0, 0.1) is 0 Å². The molecule has 1 aromatic rings. The molecule has 108 valence electrons. The highest BCUT2D eigenvalue weighted by molar-refractivity contribution is 5.16. The molecule has 19 heavy (non-hydrogen) atoms. The lowest BCUT2D eigenvalue weighted by molar-refractivity contribution is 0.123. The van der Waals surface area contributed by atoms with Crippen molar-refractivity contribution in [2.45, 2.75) is 38.8 Å². The molecule has 0 radical (unpaired) electrons. The maximum absolute atomic E-state index is 9.99. The number of nitrogens with zero attached hydrogens (tertiary/aromatic N) is 3. The second-order valence-electron chi connectivity index (χ2n) is 5.42. The van der Waals surface area contributed by atoms with E-state index in [1.807, 2.05) is 11.7 Å². The standard InChI is InChI=1S/C14H26N4O/c1-3-14-12(10-17(2)16-14)8-15-9-13(19)11-18-6-4-5-7-18/h10,13,15,19H,3-9,11H2,1-2H3. The van der Waals surface area contributed by atoms with Crippen LogP contribution in [0.4, 0.5) is 0 Å². The topological polar surface area (TPSA) is 53.3 Å². The maximum atomic E-state index is 9.99. The average Bonchev–Trinajstić information content (AvgIpc) is 2.99. The quantitative estimate of drug-likeness (QED) is 0.756. The van der Waals surface area contributed by atoms with E-state index in [4.69, 9.17) is 0 Å². The van der Waals surface area contributed by atoms with Crippen LogP contribution in [0.2, 0.25) is 0 Å². The molecule has 1 saturated heterocycles. The van der Waals surface area contributed by atoms with Crippen LogP contribution in [0.15, 0.2) is 6.20 Å². The Morgan fingerprint density at radius 3 is 2.84 bits per heavy atom. The van der Waals surface area contributed by atoms with E-state index in [-0.39, 0.29) is 6.10 Å². The average molecular weight is 266 g/mol. The van der Waals surface area contributed by atoms with Crippen LogP contribution in [0.1, 0.15) is 31.0 Å². The molecule has 0 amide bonds. The summed E-state index contributed by atoms with van der Waals surface area (Å²) < 4.78 is 1.86. The van der Waals surface area contributed by atoms with Crippen molar-refractivity contribution in [1.82, 2.24) is 20.0 Å². The van der Waals surface area contributed by atoms with Gasteiger partial charge in [0.1, 0.15) is 0 Å². The third kappa shape index (κ3) is 4.30. The van der Waals surface area contributed by atoms with Gasteiger partial charge in [0.05, 0.1) is 11.8 Å². The summed E-state index contributed by atoms with van der Waals surface area (Å²) in [7, 11) is 1.95. The monoisotopic (exact) mass is 266 g/mol. The fraction of sp³-hybridized carbons (Fsp3) is 0.786. The van der Waals surface area contributed by atoms with E-state index in [2.05, 4.69) is 28.4 Å². The van der Waals surface area contributed by atoms with Crippen molar-refractivity contribution < 1.29 is 5.11 Å². The molecule has 2 N–H and O–H groups in total. The highest BCUT2D eigenvalue weighted by Crippen LogP contribution is 2.08. The van der Waals surface area contributed by atoms with Crippen LogP contribution in [-0.4, -0.2) is 52.1 Å². The lowest BCUT2D eigenvalue weighted by Crippen LogP contribution is -2.36. The molecule has 0 saturated carbocycles. The molecule has 1 atom stereocenters. The van der Waals surface area contributed by atoms with Gasteiger partial charge in [0.15, 0.2) is 0 Å². The molecule has 0 spiro atoms. The van der Waals surface area contributed by atoms with Gasteiger partial charge in [-0.2, -0.15) is 5.10 Å². The van der Waals surface area contributed by atoms with Gasteiger partial charge >= 0.3 is 0 Å². The molecular weight excluding hydrogens is 240 g/mol. The van der Waals surface area contributed by atoms with Crippen molar-refractivity contribution >= 4 is 0 Å². The summed E-state index contributed by atoms with van der Waals surface area (Å²) in [5, 5.41) is 17.7. The number of nitrogens with one attached hydrogen (secondary N) is 1. The first kappa shape index (κ1) is 14.5. The van der Waals surface area contributed by atoms with Gasteiger partial charge in [-0.25, -0.2) is 0 Å². The largest absolute Gasteiger partial charge is 0.390 e. The third-order valence-electron chi connectivity index (χ3n) is 3.69. The molecule has 5 nitrogen and oxygen atoms in total. The summed E-state index contributed by atoms with van der Waals surface area (Å²) in [6.45, 7) is 6.62. The number of likely N-dealkylation sites (tertiary alicyclic amines) is 1. The summed E-state index contributed by atoms with van der Waals surface area (Å²) >= 11 is 0. The van der Waals surface area contributed by atoms with E-state index in [0.29, 0.717) is 6.54 Å². The molecule has 2 heterocycles. The fourth-order valence-corrected chi connectivity index (χ4v) is 2.73. The van der Waals surface area contributed by atoms with Crippen LogP contribution < -0.4 is 5.32 Å². The van der Waals surface area contributed by atoms with Crippen LogP contribution >= 0.6 is 0 Å². The lowest BCUT2D eigenvalue weighted by Gasteiger charge is -2.19. The van der Waals surface area contributed by atoms with E-state index in [0.717, 1.165) is 38.3 Å². The lowest BCUT2D eigenvalue weighted by atomic mass is 10.2. The first-order chi connectivity index (χ1) is 9.19. The minimum absolute atomic E-state index is 0.278. The van der Waals surface area contributed by atoms with Crippen molar-refractivity contribution in [3.63, 3.8) is 0 Å². The number of aliphatic hydroxyl groups excluding tert-OH is 1. The molecule has 0 aliphatic carbocycles. The van der Waals surface area contributed by atoms with Gasteiger partial charge in [0.25, 0.3) is 0 Å². The number of aliphatic hydroxyl groups is 1. The summed E-state index contributed by atoms with van der Waals surface area (Å²) in [6, 6.07) is 0. The Balaban J connectivity index is 1.70. The van der Waals surface area contributed by atoms with Crippen LogP contribution in [0.3, 0.4) is 0 Å². The van der Waals surface area contributed by atoms with E-state index in [9.17, 15) is 5.11 Å². The number of β-amino-alcohol motifs (C(OH)–C–C–N with tert-alkyl or cyclic N) is 1. The van der Waals surface area contributed by atoms with E-state index >= 15 is 0 Å². The summed E-state index contributed by atoms with van der Waals surface area (Å²) in [4.78, 5) is 2.34. The smallest absolute Gasteiger partial charge is 0.0791 e. The number of hydrogen-bond acceptors (Lipinski definition) is 4. The van der Waals surface area contributed by atoms with Crippen molar-refractivity contribution in [2.75, 3.05) is 26.2 Å². The highest BCUT2D eigenvalue weighted by atomic mass is 16.3. The van der Waals surface area contributed by atoms with E-state index < -0.39 is 0 Å². The molecule has 2 rings (SSSR count). The predicted molar refractivity (Wildman–Crippen MR) is 76.0 cm³/mol.